The SMILES string of the molecule is CC(C)=NOC(C)(C)[N+]([O-])=NNc1ccc(C)cc1. The lowest BCUT2D eigenvalue weighted by Crippen LogP contribution is -2.34. The zero-order chi connectivity index (χ0) is 14.5. The zero-order valence-corrected chi connectivity index (χ0v) is 12.0. The average molecular weight is 264 g/mol. The summed E-state index contributed by atoms with van der Waals surface area (Å²) in [6.07, 6.45) is 0. The summed E-state index contributed by atoms with van der Waals surface area (Å²) in [6, 6.07) is 7.54. The van der Waals surface area contributed by atoms with Crippen LogP contribution < -0.4 is 5.43 Å². The third-order valence-corrected chi connectivity index (χ3v) is 2.23. The van der Waals surface area contributed by atoms with Crippen LogP contribution in [-0.4, -0.2) is 16.3 Å². The molecule has 0 aromatic heterocycles. The van der Waals surface area contributed by atoms with E-state index in [1.807, 2.05) is 31.2 Å². The first-order chi connectivity index (χ1) is 8.81. The fourth-order valence-electron chi connectivity index (χ4n) is 1.09. The molecule has 0 aliphatic rings. The van der Waals surface area contributed by atoms with E-state index in [0.717, 1.165) is 17.0 Å². The maximum atomic E-state index is 11.8. The normalized spacial score (nSPS) is 11.9. The first-order valence-electron chi connectivity index (χ1n) is 6.01. The number of hydroxylamine groups is 1. The minimum atomic E-state index is -1.17. The number of nitrogens with one attached hydrogen (secondary N) is 1. The summed E-state index contributed by atoms with van der Waals surface area (Å²) in [7, 11) is 0. The van der Waals surface area contributed by atoms with Crippen molar-refractivity contribution in [2.24, 2.45) is 10.4 Å². The van der Waals surface area contributed by atoms with Crippen LogP contribution in [0.4, 0.5) is 5.69 Å². The van der Waals surface area contributed by atoms with E-state index < -0.39 is 5.72 Å². The van der Waals surface area contributed by atoms with Crippen LogP contribution in [-0.2, 0) is 4.84 Å². The number of anilines is 1. The van der Waals surface area contributed by atoms with Crippen molar-refractivity contribution in [1.29, 1.82) is 0 Å². The lowest BCUT2D eigenvalue weighted by atomic mass is 10.2. The van der Waals surface area contributed by atoms with Crippen molar-refractivity contribution in [2.75, 3.05) is 5.43 Å². The van der Waals surface area contributed by atoms with Crippen LogP contribution in [0.5, 0.6) is 0 Å². The summed E-state index contributed by atoms with van der Waals surface area (Å²) in [5.74, 6) is 0. The van der Waals surface area contributed by atoms with Gasteiger partial charge in [0.15, 0.2) is 0 Å². The molecule has 0 aliphatic heterocycles. The van der Waals surface area contributed by atoms with E-state index in [1.165, 1.54) is 0 Å². The van der Waals surface area contributed by atoms with Gasteiger partial charge in [0.05, 0.1) is 10.9 Å². The summed E-state index contributed by atoms with van der Waals surface area (Å²) in [6.45, 7) is 8.74. The van der Waals surface area contributed by atoms with Crippen LogP contribution in [0.15, 0.2) is 34.6 Å². The fraction of sp³-hybridized carbons (Fsp3) is 0.462. The Morgan fingerprint density at radius 2 is 1.84 bits per heavy atom. The van der Waals surface area contributed by atoms with Gasteiger partial charge in [0.1, 0.15) is 5.69 Å². The molecule has 1 aromatic rings. The lowest BCUT2D eigenvalue weighted by Gasteiger charge is -2.23. The highest BCUT2D eigenvalue weighted by atomic mass is 16.7. The summed E-state index contributed by atoms with van der Waals surface area (Å²) >= 11 is 0. The molecule has 0 bridgehead atoms. The molecule has 1 N–H and O–H groups in total. The van der Waals surface area contributed by atoms with E-state index in [-0.39, 0.29) is 0 Å². The Morgan fingerprint density at radius 1 is 1.26 bits per heavy atom. The van der Waals surface area contributed by atoms with Crippen LogP contribution in [0.3, 0.4) is 0 Å². The number of hydrogen-bond acceptors (Lipinski definition) is 4. The third kappa shape index (κ3) is 4.95. The molecule has 6 heteroatoms. The van der Waals surface area contributed by atoms with Crippen LogP contribution in [0.1, 0.15) is 33.3 Å². The van der Waals surface area contributed by atoms with Gasteiger partial charge in [-0.25, -0.2) is 0 Å². The largest absolute Gasteiger partial charge is 0.693 e. The van der Waals surface area contributed by atoms with Gasteiger partial charge in [-0.15, -0.1) is 10.3 Å². The Morgan fingerprint density at radius 3 is 2.37 bits per heavy atom. The quantitative estimate of drug-likeness (QED) is 0.291. The van der Waals surface area contributed by atoms with Crippen molar-refractivity contribution in [2.45, 2.75) is 40.3 Å². The molecule has 0 aliphatic carbocycles. The Labute approximate surface area is 113 Å². The molecule has 1 rings (SSSR count). The number of nitrogens with zero attached hydrogens (tertiary/aromatic N) is 3. The standard InChI is InChI=1S/C13H20N4O2/c1-10(2)15-19-13(4,5)17(18)16-14-12-8-6-11(3)7-9-12/h6-9,14H,1-5H3. The van der Waals surface area contributed by atoms with Crippen molar-refractivity contribution in [3.63, 3.8) is 0 Å². The minimum absolute atomic E-state index is 0.444. The van der Waals surface area contributed by atoms with E-state index in [2.05, 4.69) is 15.8 Å². The molecule has 0 heterocycles. The molecule has 0 saturated heterocycles. The minimum Gasteiger partial charge on any atom is -0.693 e. The molecular formula is C13H20N4O2. The Bertz CT molecular complexity index is 474. The fourth-order valence-corrected chi connectivity index (χ4v) is 1.09. The highest BCUT2D eigenvalue weighted by molar-refractivity contribution is 5.78. The number of aryl methyl sites for hydroxylation is 1. The molecule has 0 spiro atoms. The molecule has 19 heavy (non-hydrogen) atoms. The van der Waals surface area contributed by atoms with Gasteiger partial charge in [0, 0.05) is 13.8 Å². The molecule has 0 radical (unpaired) electrons. The topological polar surface area (TPSA) is 72.0 Å². The van der Waals surface area contributed by atoms with Crippen molar-refractivity contribution < 1.29 is 9.70 Å². The molecule has 1 aromatic carbocycles. The Balaban J connectivity index is 2.70. The van der Waals surface area contributed by atoms with Crippen molar-refractivity contribution in [3.05, 3.63) is 35.0 Å². The second-order valence-electron chi connectivity index (χ2n) is 4.93. The van der Waals surface area contributed by atoms with E-state index in [1.54, 1.807) is 27.7 Å². The molecular weight excluding hydrogens is 244 g/mol. The second-order valence-corrected chi connectivity index (χ2v) is 4.93. The smallest absolute Gasteiger partial charge is 0.289 e. The highest BCUT2D eigenvalue weighted by Gasteiger charge is 2.26. The highest BCUT2D eigenvalue weighted by Crippen LogP contribution is 2.13. The summed E-state index contributed by atoms with van der Waals surface area (Å²) in [5.41, 5.74) is 4.11. The maximum absolute atomic E-state index is 11.8. The van der Waals surface area contributed by atoms with E-state index in [9.17, 15) is 5.21 Å². The third-order valence-electron chi connectivity index (χ3n) is 2.23. The summed E-state index contributed by atoms with van der Waals surface area (Å²) < 4.78 is 0. The van der Waals surface area contributed by atoms with Gasteiger partial charge in [0.2, 0.25) is 0 Å². The zero-order valence-electron chi connectivity index (χ0n) is 12.0. The molecule has 0 amide bonds. The van der Waals surface area contributed by atoms with Gasteiger partial charge >= 0.3 is 0 Å². The van der Waals surface area contributed by atoms with Gasteiger partial charge in [-0.3, -0.25) is 0 Å². The van der Waals surface area contributed by atoms with E-state index in [0.29, 0.717) is 4.86 Å². The second kappa shape index (κ2) is 6.17. The Hall–Kier alpha value is -2.11. The number of rotatable bonds is 5. The average Bonchev–Trinajstić information content (AvgIpc) is 2.35. The van der Waals surface area contributed by atoms with E-state index >= 15 is 0 Å². The van der Waals surface area contributed by atoms with Crippen molar-refractivity contribution in [3.8, 4) is 0 Å². The molecule has 0 fully saturated rings. The number of hydrogen-bond donors (Lipinski definition) is 1. The van der Waals surface area contributed by atoms with Crippen LogP contribution in [0, 0.1) is 12.1 Å². The molecule has 0 saturated carbocycles. The van der Waals surface area contributed by atoms with Gasteiger partial charge in [-0.2, -0.15) is 0 Å². The summed E-state index contributed by atoms with van der Waals surface area (Å²) in [4.78, 5) is 5.57. The summed E-state index contributed by atoms with van der Waals surface area (Å²) in [5, 5.41) is 19.3. The monoisotopic (exact) mass is 264 g/mol. The lowest BCUT2D eigenvalue weighted by molar-refractivity contribution is -0.656. The van der Waals surface area contributed by atoms with Gasteiger partial charge in [-0.05, 0) is 32.9 Å². The molecule has 0 unspecified atom stereocenters. The van der Waals surface area contributed by atoms with Gasteiger partial charge in [0.25, 0.3) is 5.72 Å². The number of oxime groups is 1. The van der Waals surface area contributed by atoms with Crippen LogP contribution in [0.2, 0.25) is 0 Å². The van der Waals surface area contributed by atoms with Gasteiger partial charge in [-0.1, -0.05) is 22.9 Å². The maximum Gasteiger partial charge on any atom is 0.289 e. The van der Waals surface area contributed by atoms with Crippen LogP contribution >= 0.6 is 0 Å². The van der Waals surface area contributed by atoms with Gasteiger partial charge < -0.3 is 10.0 Å². The first kappa shape index (κ1) is 14.9. The predicted molar refractivity (Wildman–Crippen MR) is 74.8 cm³/mol. The molecule has 6 nitrogen and oxygen atoms in total. The molecule has 0 atom stereocenters. The molecule has 104 valence electrons. The predicted octanol–water partition coefficient (Wildman–Crippen LogP) is 3.43. The first-order valence-corrected chi connectivity index (χ1v) is 6.01. The van der Waals surface area contributed by atoms with Crippen molar-refractivity contribution in [1.82, 2.24) is 0 Å². The van der Waals surface area contributed by atoms with Crippen LogP contribution in [0.25, 0.3) is 0 Å². The Kier molecular flexibility index (Phi) is 4.86. The van der Waals surface area contributed by atoms with Crippen molar-refractivity contribution >= 4 is 11.4 Å². The number of benzene rings is 1. The van der Waals surface area contributed by atoms with E-state index in [4.69, 9.17) is 4.84 Å².